The second-order valence-corrected chi connectivity index (χ2v) is 9.85. The van der Waals surface area contributed by atoms with Gasteiger partial charge in [-0.15, -0.1) is 11.3 Å². The maximum atomic E-state index is 6.21. The molecule has 2 aliphatic heterocycles. The molecule has 160 valence electrons. The van der Waals surface area contributed by atoms with Crippen LogP contribution >= 0.6 is 11.3 Å². The highest BCUT2D eigenvalue weighted by molar-refractivity contribution is 7.26. The lowest BCUT2D eigenvalue weighted by molar-refractivity contribution is -0.0396. The van der Waals surface area contributed by atoms with E-state index in [-0.39, 0.29) is 5.60 Å². The quantitative estimate of drug-likeness (QED) is 0.671. The highest BCUT2D eigenvalue weighted by atomic mass is 32.1. The molecule has 0 radical (unpaired) electrons. The van der Waals surface area contributed by atoms with E-state index in [2.05, 4.69) is 42.9 Å². The number of fused-ring (bicyclic) bond motifs is 5. The number of hydrogen-bond acceptors (Lipinski definition) is 8. The Labute approximate surface area is 180 Å². The number of thiophene rings is 1. The maximum Gasteiger partial charge on any atom is 0.147 e. The van der Waals surface area contributed by atoms with Crippen LogP contribution in [0.1, 0.15) is 45.2 Å². The molecule has 5 heterocycles. The van der Waals surface area contributed by atoms with Gasteiger partial charge in [0.25, 0.3) is 0 Å². The van der Waals surface area contributed by atoms with E-state index < -0.39 is 0 Å². The molecule has 1 atom stereocenters. The molecule has 0 saturated carbocycles. The summed E-state index contributed by atoms with van der Waals surface area (Å²) < 4.78 is 12.9. The monoisotopic (exact) mass is 427 g/mol. The number of aromatic nitrogens is 3. The van der Waals surface area contributed by atoms with Gasteiger partial charge in [-0.2, -0.15) is 0 Å². The number of morpholine rings is 1. The number of anilines is 2. The fourth-order valence-electron chi connectivity index (χ4n) is 4.26. The van der Waals surface area contributed by atoms with Gasteiger partial charge in [0.1, 0.15) is 22.8 Å². The van der Waals surface area contributed by atoms with Crippen LogP contribution in [0.15, 0.2) is 6.33 Å². The average molecular weight is 428 g/mol. The Morgan fingerprint density at radius 3 is 2.80 bits per heavy atom. The molecule has 0 amide bonds. The molecule has 0 aliphatic carbocycles. The van der Waals surface area contributed by atoms with Crippen molar-refractivity contribution in [2.45, 2.75) is 58.8 Å². The Kier molecular flexibility index (Phi) is 5.03. The van der Waals surface area contributed by atoms with Crippen molar-refractivity contribution in [3.63, 3.8) is 0 Å². The first-order valence-electron chi connectivity index (χ1n) is 10.8. The molecular weight excluding hydrogens is 398 g/mol. The summed E-state index contributed by atoms with van der Waals surface area (Å²) in [5.74, 6) is 1.96. The minimum absolute atomic E-state index is 0.206. The largest absolute Gasteiger partial charge is 0.378 e. The summed E-state index contributed by atoms with van der Waals surface area (Å²) in [6, 6.07) is 0.353. The molecule has 7 nitrogen and oxygen atoms in total. The van der Waals surface area contributed by atoms with E-state index in [1.807, 2.05) is 0 Å². The number of nitrogens with zero attached hydrogens (tertiary/aromatic N) is 4. The molecule has 3 aromatic rings. The van der Waals surface area contributed by atoms with Gasteiger partial charge >= 0.3 is 0 Å². The Bertz CT molecular complexity index is 1090. The molecule has 30 heavy (non-hydrogen) atoms. The molecule has 5 rings (SSSR count). The van der Waals surface area contributed by atoms with E-state index in [0.717, 1.165) is 65.8 Å². The van der Waals surface area contributed by atoms with E-state index in [1.165, 1.54) is 16.5 Å². The van der Waals surface area contributed by atoms with Crippen LogP contribution in [0, 0.1) is 0 Å². The fourth-order valence-corrected chi connectivity index (χ4v) is 5.37. The van der Waals surface area contributed by atoms with Gasteiger partial charge in [0.05, 0.1) is 35.6 Å². The molecule has 1 fully saturated rings. The first-order valence-corrected chi connectivity index (χ1v) is 11.6. The van der Waals surface area contributed by atoms with Crippen molar-refractivity contribution < 1.29 is 9.47 Å². The van der Waals surface area contributed by atoms with Gasteiger partial charge in [0, 0.05) is 36.5 Å². The Morgan fingerprint density at radius 2 is 2.03 bits per heavy atom. The number of hydrogen-bond donors (Lipinski definition) is 1. The van der Waals surface area contributed by atoms with Crippen LogP contribution in [0.5, 0.6) is 0 Å². The van der Waals surface area contributed by atoms with Gasteiger partial charge in [0.2, 0.25) is 0 Å². The number of pyridine rings is 1. The lowest BCUT2D eigenvalue weighted by Crippen LogP contribution is -2.39. The molecule has 3 aromatic heterocycles. The predicted octanol–water partition coefficient (Wildman–Crippen LogP) is 4.14. The van der Waals surface area contributed by atoms with Crippen LogP contribution in [-0.2, 0) is 22.5 Å². The predicted molar refractivity (Wildman–Crippen MR) is 122 cm³/mol. The van der Waals surface area contributed by atoms with Gasteiger partial charge in [-0.3, -0.25) is 0 Å². The summed E-state index contributed by atoms with van der Waals surface area (Å²) in [6.45, 7) is 12.5. The molecule has 0 aromatic carbocycles. The van der Waals surface area contributed by atoms with Gasteiger partial charge in [-0.05, 0) is 32.8 Å². The van der Waals surface area contributed by atoms with E-state index in [4.69, 9.17) is 19.4 Å². The number of rotatable bonds is 4. The van der Waals surface area contributed by atoms with Crippen molar-refractivity contribution in [1.29, 1.82) is 0 Å². The lowest BCUT2D eigenvalue weighted by atomic mass is 9.90. The van der Waals surface area contributed by atoms with Gasteiger partial charge in [-0.1, -0.05) is 6.92 Å². The summed E-state index contributed by atoms with van der Waals surface area (Å²) in [6.07, 6.45) is 3.56. The van der Waals surface area contributed by atoms with Crippen LogP contribution in [0.25, 0.3) is 20.4 Å². The highest BCUT2D eigenvalue weighted by Gasteiger charge is 2.33. The molecule has 8 heteroatoms. The second kappa shape index (κ2) is 7.59. The number of ether oxygens (including phenoxy) is 2. The van der Waals surface area contributed by atoms with Crippen LogP contribution in [0.2, 0.25) is 0 Å². The molecule has 2 aliphatic rings. The van der Waals surface area contributed by atoms with Crippen molar-refractivity contribution in [3.8, 4) is 0 Å². The van der Waals surface area contributed by atoms with Gasteiger partial charge < -0.3 is 19.7 Å². The smallest absolute Gasteiger partial charge is 0.147 e. The molecule has 1 saturated heterocycles. The van der Waals surface area contributed by atoms with Crippen molar-refractivity contribution in [3.05, 3.63) is 17.5 Å². The van der Waals surface area contributed by atoms with E-state index in [0.29, 0.717) is 12.6 Å². The summed E-state index contributed by atoms with van der Waals surface area (Å²) in [7, 11) is 0. The van der Waals surface area contributed by atoms with Crippen molar-refractivity contribution in [2.75, 3.05) is 36.5 Å². The third-order valence-corrected chi connectivity index (χ3v) is 7.19. The van der Waals surface area contributed by atoms with Gasteiger partial charge in [-0.25, -0.2) is 15.0 Å². The third-order valence-electron chi connectivity index (χ3n) is 6.11. The lowest BCUT2D eigenvalue weighted by Gasteiger charge is -2.36. The van der Waals surface area contributed by atoms with E-state index in [1.54, 1.807) is 17.7 Å². The topological polar surface area (TPSA) is 72.4 Å². The molecule has 1 N–H and O–H groups in total. The normalized spacial score (nSPS) is 19.8. The zero-order valence-electron chi connectivity index (χ0n) is 18.1. The summed E-state index contributed by atoms with van der Waals surface area (Å²) in [5.41, 5.74) is 3.34. The van der Waals surface area contributed by atoms with Crippen LogP contribution < -0.4 is 10.2 Å². The summed E-state index contributed by atoms with van der Waals surface area (Å²) >= 11 is 1.69. The zero-order chi connectivity index (χ0) is 20.9. The van der Waals surface area contributed by atoms with Crippen molar-refractivity contribution in [1.82, 2.24) is 15.0 Å². The first-order chi connectivity index (χ1) is 14.5. The van der Waals surface area contributed by atoms with E-state index in [9.17, 15) is 0 Å². The minimum Gasteiger partial charge on any atom is -0.378 e. The van der Waals surface area contributed by atoms with Crippen molar-refractivity contribution >= 4 is 43.4 Å². The molecule has 0 spiro atoms. The number of nitrogens with one attached hydrogen (secondary N) is 1. The molecule has 0 unspecified atom stereocenters. The maximum absolute atomic E-state index is 6.21. The standard InChI is InChI=1S/C22H29N5O2S/c1-5-13(2)25-19-18-17(23-12-24-19)16-14-10-22(3,4)29-11-15(14)20(26-21(16)30-18)27-6-8-28-9-7-27/h12-13H,5-11H2,1-4H3,(H,23,24,25)/t13-/m1/s1. The fraction of sp³-hybridized carbons (Fsp3) is 0.591. The average Bonchev–Trinajstić information content (AvgIpc) is 3.13. The summed E-state index contributed by atoms with van der Waals surface area (Å²) in [4.78, 5) is 17.8. The molecular formula is C22H29N5O2S. The van der Waals surface area contributed by atoms with Gasteiger partial charge in [0.15, 0.2) is 0 Å². The first kappa shape index (κ1) is 19.9. The van der Waals surface area contributed by atoms with Crippen molar-refractivity contribution in [2.24, 2.45) is 0 Å². The minimum atomic E-state index is -0.206. The molecule has 0 bridgehead atoms. The van der Waals surface area contributed by atoms with Crippen LogP contribution in [0.3, 0.4) is 0 Å². The second-order valence-electron chi connectivity index (χ2n) is 8.85. The van der Waals surface area contributed by atoms with Crippen LogP contribution in [0.4, 0.5) is 11.6 Å². The Balaban J connectivity index is 1.74. The van der Waals surface area contributed by atoms with E-state index >= 15 is 0 Å². The Morgan fingerprint density at radius 1 is 1.23 bits per heavy atom. The van der Waals surface area contributed by atoms with Crippen LogP contribution in [-0.4, -0.2) is 52.9 Å². The Hall–Kier alpha value is -2.03. The summed E-state index contributed by atoms with van der Waals surface area (Å²) in [5, 5.41) is 4.72. The highest BCUT2D eigenvalue weighted by Crippen LogP contribution is 2.44. The SMILES string of the molecule is CC[C@@H](C)Nc1ncnc2c1sc1nc(N3CCOCC3)c3c(c12)CC(C)(C)OC3. The zero-order valence-corrected chi connectivity index (χ0v) is 18.9. The third kappa shape index (κ3) is 3.40.